The van der Waals surface area contributed by atoms with E-state index < -0.39 is 15.9 Å². The second kappa shape index (κ2) is 10.4. The molecule has 1 saturated carbocycles. The Hall–Kier alpha value is -3.24. The zero-order valence-corrected chi connectivity index (χ0v) is 20.0. The molecule has 34 heavy (non-hydrogen) atoms. The maximum absolute atomic E-state index is 13.0. The SMILES string of the molecule is CCOc1ccc(-c2nnc(NC(=O)c3ccc(S(=O)(=O)N(C)C4CCCCC4)cc3)o2)cc1. The number of hydrogen-bond donors (Lipinski definition) is 1. The van der Waals surface area contributed by atoms with Crippen molar-refractivity contribution in [3.8, 4) is 17.2 Å². The van der Waals surface area contributed by atoms with Crippen LogP contribution in [0.15, 0.2) is 57.8 Å². The Bertz CT molecular complexity index is 1220. The fraction of sp³-hybridized carbons (Fsp3) is 0.375. The Morgan fingerprint density at radius 3 is 2.38 bits per heavy atom. The van der Waals surface area contributed by atoms with E-state index in [0.717, 1.165) is 37.9 Å². The summed E-state index contributed by atoms with van der Waals surface area (Å²) in [5.74, 6) is 0.506. The van der Waals surface area contributed by atoms with Crippen LogP contribution in [0.25, 0.3) is 11.5 Å². The van der Waals surface area contributed by atoms with Gasteiger partial charge in [-0.2, -0.15) is 4.31 Å². The van der Waals surface area contributed by atoms with Crippen molar-refractivity contribution in [2.45, 2.75) is 50.0 Å². The van der Waals surface area contributed by atoms with E-state index in [1.54, 1.807) is 31.3 Å². The smallest absolute Gasteiger partial charge is 0.322 e. The summed E-state index contributed by atoms with van der Waals surface area (Å²) in [5, 5.41) is 10.4. The number of carbonyl (C=O) groups is 1. The van der Waals surface area contributed by atoms with Gasteiger partial charge in [-0.3, -0.25) is 10.1 Å². The van der Waals surface area contributed by atoms with E-state index in [1.165, 1.54) is 28.6 Å². The summed E-state index contributed by atoms with van der Waals surface area (Å²) < 4.78 is 38.4. The number of ether oxygens (including phenoxy) is 1. The van der Waals surface area contributed by atoms with Gasteiger partial charge in [0.2, 0.25) is 15.9 Å². The van der Waals surface area contributed by atoms with Gasteiger partial charge in [0.15, 0.2) is 0 Å². The summed E-state index contributed by atoms with van der Waals surface area (Å²) in [6.07, 6.45) is 4.98. The molecule has 4 rings (SSSR count). The normalized spacial score (nSPS) is 14.8. The van der Waals surface area contributed by atoms with Gasteiger partial charge in [-0.05, 0) is 68.3 Å². The fourth-order valence-corrected chi connectivity index (χ4v) is 5.42. The minimum atomic E-state index is -3.62. The Morgan fingerprint density at radius 1 is 1.06 bits per heavy atom. The predicted octanol–water partition coefficient (Wildman–Crippen LogP) is 4.34. The van der Waals surface area contributed by atoms with Gasteiger partial charge in [0.25, 0.3) is 5.91 Å². The molecule has 1 aromatic heterocycles. The number of nitrogens with one attached hydrogen (secondary N) is 1. The molecular weight excluding hydrogens is 456 g/mol. The molecular formula is C24H28N4O5S. The van der Waals surface area contributed by atoms with Crippen LogP contribution in [0.3, 0.4) is 0 Å². The molecule has 0 atom stereocenters. The first-order valence-electron chi connectivity index (χ1n) is 11.3. The fourth-order valence-electron chi connectivity index (χ4n) is 4.01. The minimum absolute atomic E-state index is 0.0174. The molecule has 0 unspecified atom stereocenters. The molecule has 9 nitrogen and oxygen atoms in total. The highest BCUT2D eigenvalue weighted by Crippen LogP contribution is 2.27. The molecule has 0 radical (unpaired) electrons. The van der Waals surface area contributed by atoms with Crippen molar-refractivity contribution in [3.05, 3.63) is 54.1 Å². The van der Waals surface area contributed by atoms with E-state index in [-0.39, 0.29) is 28.4 Å². The van der Waals surface area contributed by atoms with Crippen LogP contribution in [0.5, 0.6) is 5.75 Å². The number of sulfonamides is 1. The average Bonchev–Trinajstić information content (AvgIpc) is 3.33. The van der Waals surface area contributed by atoms with Gasteiger partial charge in [0.05, 0.1) is 11.5 Å². The monoisotopic (exact) mass is 484 g/mol. The van der Waals surface area contributed by atoms with Gasteiger partial charge in [0, 0.05) is 24.2 Å². The van der Waals surface area contributed by atoms with Gasteiger partial charge < -0.3 is 9.15 Å². The van der Waals surface area contributed by atoms with Crippen molar-refractivity contribution in [1.82, 2.24) is 14.5 Å². The van der Waals surface area contributed by atoms with Gasteiger partial charge in [-0.25, -0.2) is 8.42 Å². The number of aromatic nitrogens is 2. The quantitative estimate of drug-likeness (QED) is 0.506. The summed E-state index contributed by atoms with van der Waals surface area (Å²) in [5.41, 5.74) is 0.966. The zero-order valence-electron chi connectivity index (χ0n) is 19.2. The van der Waals surface area contributed by atoms with Crippen LogP contribution in [0.4, 0.5) is 6.01 Å². The molecule has 0 bridgehead atoms. The van der Waals surface area contributed by atoms with E-state index in [2.05, 4.69) is 15.5 Å². The molecule has 1 aliphatic carbocycles. The van der Waals surface area contributed by atoms with E-state index >= 15 is 0 Å². The summed E-state index contributed by atoms with van der Waals surface area (Å²) >= 11 is 0. The molecule has 10 heteroatoms. The number of nitrogens with zero attached hydrogens (tertiary/aromatic N) is 3. The van der Waals surface area contributed by atoms with Crippen LogP contribution in [-0.4, -0.2) is 48.5 Å². The Kier molecular flexibility index (Phi) is 7.28. The number of hydrogen-bond acceptors (Lipinski definition) is 7. The van der Waals surface area contributed by atoms with Crippen LogP contribution in [0.1, 0.15) is 49.4 Å². The molecule has 180 valence electrons. The first-order chi connectivity index (χ1) is 16.4. The van der Waals surface area contributed by atoms with E-state index in [4.69, 9.17) is 9.15 Å². The molecule has 1 fully saturated rings. The largest absolute Gasteiger partial charge is 0.494 e. The second-order valence-electron chi connectivity index (χ2n) is 8.16. The number of amides is 1. The van der Waals surface area contributed by atoms with Crippen molar-refractivity contribution in [1.29, 1.82) is 0 Å². The standard InChI is InChI=1S/C24H28N4O5S/c1-3-32-20-13-9-18(10-14-20)23-26-27-24(33-23)25-22(29)17-11-15-21(16-12-17)34(30,31)28(2)19-7-5-4-6-8-19/h9-16,19H,3-8H2,1-2H3,(H,25,27,29). The van der Waals surface area contributed by atoms with Crippen LogP contribution < -0.4 is 10.1 Å². The first-order valence-corrected chi connectivity index (χ1v) is 12.8. The molecule has 0 spiro atoms. The molecule has 0 aliphatic heterocycles. The lowest BCUT2D eigenvalue weighted by molar-refractivity contribution is 0.102. The van der Waals surface area contributed by atoms with E-state index in [1.807, 2.05) is 6.92 Å². The Balaban J connectivity index is 1.41. The van der Waals surface area contributed by atoms with Crippen molar-refractivity contribution < 1.29 is 22.4 Å². The topological polar surface area (TPSA) is 115 Å². The maximum atomic E-state index is 13.0. The number of rotatable bonds is 8. The molecule has 1 N–H and O–H groups in total. The first kappa shape index (κ1) is 23.9. The lowest BCUT2D eigenvalue weighted by Crippen LogP contribution is -2.38. The Morgan fingerprint density at radius 2 is 1.74 bits per heavy atom. The highest BCUT2D eigenvalue weighted by atomic mass is 32.2. The molecule has 2 aromatic carbocycles. The third kappa shape index (κ3) is 5.28. The number of benzene rings is 2. The highest BCUT2D eigenvalue weighted by molar-refractivity contribution is 7.89. The molecule has 1 heterocycles. The zero-order chi connectivity index (χ0) is 24.1. The predicted molar refractivity (Wildman–Crippen MR) is 127 cm³/mol. The molecule has 0 saturated heterocycles. The van der Waals surface area contributed by atoms with Crippen molar-refractivity contribution in [2.24, 2.45) is 0 Å². The van der Waals surface area contributed by atoms with Crippen LogP contribution >= 0.6 is 0 Å². The lowest BCUT2D eigenvalue weighted by Gasteiger charge is -2.30. The average molecular weight is 485 g/mol. The van der Waals surface area contributed by atoms with Crippen molar-refractivity contribution in [3.63, 3.8) is 0 Å². The summed E-state index contributed by atoms with van der Waals surface area (Å²) in [6, 6.07) is 13.0. The third-order valence-corrected chi connectivity index (χ3v) is 7.86. The maximum Gasteiger partial charge on any atom is 0.322 e. The van der Waals surface area contributed by atoms with Crippen molar-refractivity contribution in [2.75, 3.05) is 19.0 Å². The van der Waals surface area contributed by atoms with Gasteiger partial charge in [-0.1, -0.05) is 24.4 Å². The van der Waals surface area contributed by atoms with Crippen molar-refractivity contribution >= 4 is 21.9 Å². The minimum Gasteiger partial charge on any atom is -0.494 e. The summed E-state index contributed by atoms with van der Waals surface area (Å²) in [7, 11) is -1.99. The second-order valence-corrected chi connectivity index (χ2v) is 10.2. The highest BCUT2D eigenvalue weighted by Gasteiger charge is 2.29. The number of anilines is 1. The lowest BCUT2D eigenvalue weighted by atomic mass is 9.96. The molecule has 1 amide bonds. The van der Waals surface area contributed by atoms with Gasteiger partial charge in [-0.15, -0.1) is 5.10 Å². The Labute approximate surface area is 199 Å². The number of carbonyl (C=O) groups excluding carboxylic acids is 1. The van der Waals surface area contributed by atoms with Gasteiger partial charge in [0.1, 0.15) is 5.75 Å². The van der Waals surface area contributed by atoms with Crippen LogP contribution in [-0.2, 0) is 10.0 Å². The molecule has 3 aromatic rings. The van der Waals surface area contributed by atoms with E-state index in [0.29, 0.717) is 12.2 Å². The van der Waals surface area contributed by atoms with Gasteiger partial charge >= 0.3 is 6.01 Å². The molecule has 1 aliphatic rings. The summed E-state index contributed by atoms with van der Waals surface area (Å²) in [6.45, 7) is 2.48. The van der Waals surface area contributed by atoms with E-state index in [9.17, 15) is 13.2 Å². The van der Waals surface area contributed by atoms with Crippen LogP contribution in [0.2, 0.25) is 0 Å². The summed E-state index contributed by atoms with van der Waals surface area (Å²) in [4.78, 5) is 12.8. The third-order valence-electron chi connectivity index (χ3n) is 5.94. The van der Waals surface area contributed by atoms with Crippen LogP contribution in [0, 0.1) is 0 Å².